The van der Waals surface area contributed by atoms with Gasteiger partial charge in [-0.15, -0.1) is 0 Å². The number of nitrogens with zero attached hydrogens (tertiary/aromatic N) is 2. The van der Waals surface area contributed by atoms with E-state index in [9.17, 15) is 4.79 Å². The lowest BCUT2D eigenvalue weighted by atomic mass is 9.87. The van der Waals surface area contributed by atoms with E-state index in [1.54, 1.807) is 0 Å². The monoisotopic (exact) mass is 429 g/mol. The van der Waals surface area contributed by atoms with Gasteiger partial charge in [0.05, 0.1) is 10.0 Å². The molecular formula is C23H25Cl2N3O. The van der Waals surface area contributed by atoms with Crippen molar-refractivity contribution in [3.8, 4) is 0 Å². The average Bonchev–Trinajstić information content (AvgIpc) is 3.18. The fourth-order valence-electron chi connectivity index (χ4n) is 4.14. The van der Waals surface area contributed by atoms with Gasteiger partial charge in [0.15, 0.2) is 0 Å². The van der Waals surface area contributed by atoms with Gasteiger partial charge in [0.25, 0.3) is 0 Å². The molecule has 1 atom stereocenters. The lowest BCUT2D eigenvalue weighted by Gasteiger charge is -2.35. The Labute approximate surface area is 181 Å². The van der Waals surface area contributed by atoms with Crippen molar-refractivity contribution in [2.75, 3.05) is 32.7 Å². The van der Waals surface area contributed by atoms with E-state index in [1.807, 2.05) is 41.4 Å². The molecule has 0 saturated carbocycles. The molecule has 2 heterocycles. The summed E-state index contributed by atoms with van der Waals surface area (Å²) < 4.78 is 0. The van der Waals surface area contributed by atoms with Crippen LogP contribution in [-0.2, 0) is 4.79 Å². The number of aromatic nitrogens is 1. The summed E-state index contributed by atoms with van der Waals surface area (Å²) in [6, 6.07) is 13.9. The molecule has 0 unspecified atom stereocenters. The van der Waals surface area contributed by atoms with Gasteiger partial charge >= 0.3 is 0 Å². The van der Waals surface area contributed by atoms with Gasteiger partial charge in [-0.3, -0.25) is 4.79 Å². The second-order valence-electron chi connectivity index (χ2n) is 7.53. The number of amides is 1. The quantitative estimate of drug-likeness (QED) is 0.607. The van der Waals surface area contributed by atoms with Crippen molar-refractivity contribution >= 4 is 40.0 Å². The summed E-state index contributed by atoms with van der Waals surface area (Å²) in [5.74, 6) is 0.0970. The number of hydrogen-bond acceptors (Lipinski definition) is 2. The van der Waals surface area contributed by atoms with Crippen LogP contribution < -0.4 is 0 Å². The van der Waals surface area contributed by atoms with E-state index < -0.39 is 0 Å². The predicted molar refractivity (Wildman–Crippen MR) is 120 cm³/mol. The van der Waals surface area contributed by atoms with Crippen molar-refractivity contribution in [2.45, 2.75) is 19.3 Å². The molecule has 1 aliphatic heterocycles. The van der Waals surface area contributed by atoms with Crippen molar-refractivity contribution in [3.05, 3.63) is 69.8 Å². The van der Waals surface area contributed by atoms with Gasteiger partial charge in [-0.25, -0.2) is 0 Å². The first-order valence-corrected chi connectivity index (χ1v) is 10.8. The van der Waals surface area contributed by atoms with E-state index >= 15 is 0 Å². The number of benzene rings is 2. The molecule has 1 N–H and O–H groups in total. The fraction of sp³-hybridized carbons (Fsp3) is 0.348. The molecule has 1 amide bonds. The minimum atomic E-state index is -0.0855. The van der Waals surface area contributed by atoms with Gasteiger partial charge < -0.3 is 14.8 Å². The van der Waals surface area contributed by atoms with Crippen LogP contribution in [-0.4, -0.2) is 53.4 Å². The van der Waals surface area contributed by atoms with Crippen molar-refractivity contribution in [1.82, 2.24) is 14.8 Å². The van der Waals surface area contributed by atoms with Crippen molar-refractivity contribution in [2.24, 2.45) is 0 Å². The van der Waals surface area contributed by atoms with Gasteiger partial charge in [0.2, 0.25) is 5.91 Å². The third kappa shape index (κ3) is 4.30. The Kier molecular flexibility index (Phi) is 6.14. The molecule has 1 aliphatic rings. The Hall–Kier alpha value is -2.01. The molecule has 1 fully saturated rings. The third-order valence-corrected chi connectivity index (χ3v) is 6.63. The number of carbonyl (C=O) groups is 1. The first kappa shape index (κ1) is 20.3. The number of carbonyl (C=O) groups excluding carboxylic acids is 1. The number of piperazine rings is 1. The Bertz CT molecular complexity index is 1010. The summed E-state index contributed by atoms with van der Waals surface area (Å²) in [6.07, 6.45) is 2.42. The Morgan fingerprint density at radius 1 is 1.07 bits per heavy atom. The normalized spacial score (nSPS) is 16.3. The van der Waals surface area contributed by atoms with Crippen LogP contribution in [0, 0.1) is 0 Å². The molecule has 6 heteroatoms. The maximum Gasteiger partial charge on any atom is 0.223 e. The third-order valence-electron chi connectivity index (χ3n) is 5.89. The van der Waals surface area contributed by atoms with Crippen LogP contribution in [0.2, 0.25) is 10.0 Å². The Morgan fingerprint density at radius 3 is 2.55 bits per heavy atom. The smallest absolute Gasteiger partial charge is 0.223 e. The largest absolute Gasteiger partial charge is 0.361 e. The minimum Gasteiger partial charge on any atom is -0.361 e. The molecule has 0 aliphatic carbocycles. The molecule has 152 valence electrons. The van der Waals surface area contributed by atoms with Crippen LogP contribution in [0.25, 0.3) is 10.9 Å². The topological polar surface area (TPSA) is 39.3 Å². The SMILES string of the molecule is CCN1CCN(C(=O)C[C@@H](c2ccc(Cl)c(Cl)c2)c2c[nH]c3ccccc23)CC1. The number of hydrogen-bond donors (Lipinski definition) is 1. The number of fused-ring (bicyclic) bond motifs is 1. The van der Waals surface area contributed by atoms with Crippen molar-refractivity contribution in [1.29, 1.82) is 0 Å². The molecule has 4 nitrogen and oxygen atoms in total. The number of aromatic amines is 1. The van der Waals surface area contributed by atoms with E-state index in [0.29, 0.717) is 16.5 Å². The Balaban J connectivity index is 1.65. The molecule has 0 spiro atoms. The first-order chi connectivity index (χ1) is 14.1. The number of halogens is 2. The van der Waals surface area contributed by atoms with E-state index in [1.165, 1.54) is 0 Å². The van der Waals surface area contributed by atoms with Crippen LogP contribution >= 0.6 is 23.2 Å². The second kappa shape index (κ2) is 8.78. The number of rotatable bonds is 5. The number of nitrogens with one attached hydrogen (secondary N) is 1. The number of likely N-dealkylation sites (N-methyl/N-ethyl adjacent to an activating group) is 1. The molecule has 2 aromatic carbocycles. The predicted octanol–water partition coefficient (Wildman–Crippen LogP) is 5.16. The second-order valence-corrected chi connectivity index (χ2v) is 8.35. The maximum atomic E-state index is 13.2. The van der Waals surface area contributed by atoms with Crippen LogP contribution in [0.4, 0.5) is 0 Å². The van der Waals surface area contributed by atoms with Crippen molar-refractivity contribution in [3.63, 3.8) is 0 Å². The van der Waals surface area contributed by atoms with E-state index in [2.05, 4.69) is 28.9 Å². The Morgan fingerprint density at radius 2 is 1.83 bits per heavy atom. The lowest BCUT2D eigenvalue weighted by Crippen LogP contribution is -2.48. The molecule has 0 bridgehead atoms. The van der Waals surface area contributed by atoms with Crippen LogP contribution in [0.15, 0.2) is 48.7 Å². The average molecular weight is 430 g/mol. The van der Waals surface area contributed by atoms with E-state index in [-0.39, 0.29) is 11.8 Å². The molecule has 0 radical (unpaired) electrons. The number of H-pyrrole nitrogens is 1. The molecule has 29 heavy (non-hydrogen) atoms. The van der Waals surface area contributed by atoms with Gasteiger partial charge in [-0.05, 0) is 35.9 Å². The van der Waals surface area contributed by atoms with Crippen LogP contribution in [0.5, 0.6) is 0 Å². The zero-order chi connectivity index (χ0) is 20.4. The van der Waals surface area contributed by atoms with Gasteiger partial charge in [0, 0.05) is 55.6 Å². The van der Waals surface area contributed by atoms with Crippen LogP contribution in [0.3, 0.4) is 0 Å². The van der Waals surface area contributed by atoms with E-state index in [0.717, 1.165) is 54.8 Å². The minimum absolute atomic E-state index is 0.0855. The maximum absolute atomic E-state index is 13.2. The number of para-hydroxylation sites is 1. The summed E-state index contributed by atoms with van der Waals surface area (Å²) in [6.45, 7) is 6.64. The highest BCUT2D eigenvalue weighted by atomic mass is 35.5. The standard InChI is InChI=1S/C23H25Cl2N3O/c1-2-27-9-11-28(12-10-27)23(29)14-18(16-7-8-20(24)21(25)13-16)19-15-26-22-6-4-3-5-17(19)22/h3-8,13,15,18,26H,2,9-12,14H2,1H3/t18-/m0/s1. The molecule has 1 aromatic heterocycles. The molecule has 1 saturated heterocycles. The summed E-state index contributed by atoms with van der Waals surface area (Å²) >= 11 is 12.5. The summed E-state index contributed by atoms with van der Waals surface area (Å²) in [5.41, 5.74) is 3.18. The zero-order valence-electron chi connectivity index (χ0n) is 16.5. The fourth-order valence-corrected chi connectivity index (χ4v) is 4.44. The van der Waals surface area contributed by atoms with E-state index in [4.69, 9.17) is 23.2 Å². The summed E-state index contributed by atoms with van der Waals surface area (Å²) in [5, 5.41) is 2.17. The lowest BCUT2D eigenvalue weighted by molar-refractivity contribution is -0.133. The summed E-state index contributed by atoms with van der Waals surface area (Å²) in [4.78, 5) is 20.9. The highest BCUT2D eigenvalue weighted by Gasteiger charge is 2.26. The van der Waals surface area contributed by atoms with Gasteiger partial charge in [-0.2, -0.15) is 0 Å². The van der Waals surface area contributed by atoms with Gasteiger partial charge in [0.1, 0.15) is 0 Å². The van der Waals surface area contributed by atoms with Gasteiger partial charge in [-0.1, -0.05) is 54.4 Å². The highest BCUT2D eigenvalue weighted by Crippen LogP contribution is 2.36. The zero-order valence-corrected chi connectivity index (χ0v) is 18.0. The van der Waals surface area contributed by atoms with Crippen LogP contribution in [0.1, 0.15) is 30.4 Å². The highest BCUT2D eigenvalue weighted by molar-refractivity contribution is 6.42. The summed E-state index contributed by atoms with van der Waals surface area (Å²) in [7, 11) is 0. The molecule has 4 rings (SSSR count). The molecule has 3 aromatic rings. The molecular weight excluding hydrogens is 405 g/mol. The van der Waals surface area contributed by atoms with Crippen molar-refractivity contribution < 1.29 is 4.79 Å². The first-order valence-electron chi connectivity index (χ1n) is 10.1.